The average molecular weight is 202 g/mol. The third-order valence-electron chi connectivity index (χ3n) is 2.17. The van der Waals surface area contributed by atoms with Crippen molar-refractivity contribution in [1.29, 1.82) is 0 Å². The Morgan fingerprint density at radius 1 is 1.36 bits per heavy atom. The van der Waals surface area contributed by atoms with E-state index in [9.17, 15) is 9.59 Å². The first kappa shape index (κ1) is 10.8. The number of hydrogen-bond acceptors (Lipinski definition) is 3. The Hall–Kier alpha value is -1.30. The summed E-state index contributed by atoms with van der Waals surface area (Å²) in [5.41, 5.74) is 0. The number of carbonyl (C=O) groups excluding carboxylic acids is 1. The molecule has 1 aliphatic rings. The molecule has 1 saturated heterocycles. The van der Waals surface area contributed by atoms with Crippen LogP contribution in [0.4, 0.5) is 4.79 Å². The molecule has 6 nitrogen and oxygen atoms in total. The SMILES string of the molecule is O=C(O)[C@H](CO)NC(=O)N1CCCC1. The van der Waals surface area contributed by atoms with Crippen molar-refractivity contribution in [3.63, 3.8) is 0 Å². The van der Waals surface area contributed by atoms with Crippen LogP contribution in [-0.2, 0) is 4.79 Å². The minimum atomic E-state index is -1.22. The number of likely N-dealkylation sites (tertiary alicyclic amines) is 1. The van der Waals surface area contributed by atoms with Gasteiger partial charge in [-0.05, 0) is 12.8 Å². The molecule has 0 aliphatic carbocycles. The van der Waals surface area contributed by atoms with Crippen LogP contribution in [0.5, 0.6) is 0 Å². The molecule has 0 aromatic heterocycles. The Balaban J connectivity index is 2.41. The largest absolute Gasteiger partial charge is 0.480 e. The highest BCUT2D eigenvalue weighted by atomic mass is 16.4. The summed E-state index contributed by atoms with van der Waals surface area (Å²) in [7, 11) is 0. The molecule has 3 N–H and O–H groups in total. The lowest BCUT2D eigenvalue weighted by Crippen LogP contribution is -2.48. The third kappa shape index (κ3) is 2.59. The highest BCUT2D eigenvalue weighted by molar-refractivity contribution is 5.82. The molecular weight excluding hydrogens is 188 g/mol. The van der Waals surface area contributed by atoms with E-state index in [1.165, 1.54) is 0 Å². The van der Waals surface area contributed by atoms with Gasteiger partial charge in [0.15, 0.2) is 6.04 Å². The van der Waals surface area contributed by atoms with E-state index in [2.05, 4.69) is 5.32 Å². The maximum atomic E-state index is 11.4. The number of carboxylic acids is 1. The van der Waals surface area contributed by atoms with E-state index >= 15 is 0 Å². The molecule has 80 valence electrons. The van der Waals surface area contributed by atoms with Gasteiger partial charge in [0.05, 0.1) is 6.61 Å². The van der Waals surface area contributed by atoms with Crippen molar-refractivity contribution >= 4 is 12.0 Å². The molecule has 1 fully saturated rings. The second kappa shape index (κ2) is 4.80. The van der Waals surface area contributed by atoms with E-state index in [1.807, 2.05) is 0 Å². The van der Waals surface area contributed by atoms with Gasteiger partial charge in [0.2, 0.25) is 0 Å². The van der Waals surface area contributed by atoms with Crippen LogP contribution in [0.2, 0.25) is 0 Å². The number of aliphatic carboxylic acids is 1. The molecule has 0 aromatic carbocycles. The number of carboxylic acid groups (broad SMARTS) is 1. The topological polar surface area (TPSA) is 89.9 Å². The predicted molar refractivity (Wildman–Crippen MR) is 47.8 cm³/mol. The smallest absolute Gasteiger partial charge is 0.328 e. The first-order valence-electron chi connectivity index (χ1n) is 4.54. The van der Waals surface area contributed by atoms with Crippen LogP contribution in [0, 0.1) is 0 Å². The zero-order valence-corrected chi connectivity index (χ0v) is 7.77. The fraction of sp³-hybridized carbons (Fsp3) is 0.750. The number of amides is 2. The lowest BCUT2D eigenvalue weighted by atomic mass is 10.3. The maximum Gasteiger partial charge on any atom is 0.328 e. The second-order valence-electron chi connectivity index (χ2n) is 3.22. The molecule has 1 heterocycles. The van der Waals surface area contributed by atoms with Gasteiger partial charge in [-0.25, -0.2) is 9.59 Å². The molecule has 14 heavy (non-hydrogen) atoms. The second-order valence-corrected chi connectivity index (χ2v) is 3.22. The molecule has 0 bridgehead atoms. The van der Waals surface area contributed by atoms with Crippen LogP contribution < -0.4 is 5.32 Å². The first-order chi connectivity index (χ1) is 6.65. The van der Waals surface area contributed by atoms with Crippen LogP contribution >= 0.6 is 0 Å². The van der Waals surface area contributed by atoms with Crippen molar-refractivity contribution in [2.75, 3.05) is 19.7 Å². The van der Waals surface area contributed by atoms with Gasteiger partial charge in [0, 0.05) is 13.1 Å². The van der Waals surface area contributed by atoms with Crippen molar-refractivity contribution in [2.24, 2.45) is 0 Å². The van der Waals surface area contributed by atoms with Gasteiger partial charge >= 0.3 is 12.0 Å². The van der Waals surface area contributed by atoms with Crippen LogP contribution in [0.1, 0.15) is 12.8 Å². The number of nitrogens with zero attached hydrogens (tertiary/aromatic N) is 1. The summed E-state index contributed by atoms with van der Waals surface area (Å²) in [4.78, 5) is 23.4. The van der Waals surface area contributed by atoms with Crippen LogP contribution in [0.25, 0.3) is 0 Å². The number of urea groups is 1. The van der Waals surface area contributed by atoms with Gasteiger partial charge in [-0.15, -0.1) is 0 Å². The fourth-order valence-corrected chi connectivity index (χ4v) is 1.35. The van der Waals surface area contributed by atoms with Gasteiger partial charge in [-0.3, -0.25) is 0 Å². The quantitative estimate of drug-likeness (QED) is 0.561. The number of hydrogen-bond donors (Lipinski definition) is 3. The minimum Gasteiger partial charge on any atom is -0.480 e. The summed E-state index contributed by atoms with van der Waals surface area (Å²) < 4.78 is 0. The molecule has 1 aliphatic heterocycles. The summed E-state index contributed by atoms with van der Waals surface area (Å²) in [5, 5.41) is 19.5. The predicted octanol–water partition coefficient (Wildman–Crippen LogP) is -0.763. The highest BCUT2D eigenvalue weighted by Gasteiger charge is 2.23. The molecule has 0 spiro atoms. The molecule has 0 aromatic rings. The molecule has 1 atom stereocenters. The number of aliphatic hydroxyl groups excluding tert-OH is 1. The van der Waals surface area contributed by atoms with E-state index in [0.29, 0.717) is 13.1 Å². The average Bonchev–Trinajstić information content (AvgIpc) is 2.65. The summed E-state index contributed by atoms with van der Waals surface area (Å²) in [6, 6.07) is -1.62. The van der Waals surface area contributed by atoms with Crippen molar-refractivity contribution in [2.45, 2.75) is 18.9 Å². The zero-order chi connectivity index (χ0) is 10.6. The Labute approximate surface area is 81.5 Å². The number of aliphatic hydroxyl groups is 1. The molecule has 0 saturated carbocycles. The number of nitrogens with one attached hydrogen (secondary N) is 1. The van der Waals surface area contributed by atoms with Gasteiger partial charge in [-0.1, -0.05) is 0 Å². The van der Waals surface area contributed by atoms with Crippen LogP contribution in [-0.4, -0.2) is 52.9 Å². The van der Waals surface area contributed by atoms with E-state index in [-0.39, 0.29) is 0 Å². The summed E-state index contributed by atoms with van der Waals surface area (Å²) in [6.45, 7) is 0.724. The van der Waals surface area contributed by atoms with Crippen LogP contribution in [0.3, 0.4) is 0 Å². The highest BCUT2D eigenvalue weighted by Crippen LogP contribution is 2.07. The summed E-state index contributed by atoms with van der Waals surface area (Å²) in [6.07, 6.45) is 1.90. The van der Waals surface area contributed by atoms with Crippen molar-refractivity contribution in [3.8, 4) is 0 Å². The molecule has 2 amide bonds. The van der Waals surface area contributed by atoms with E-state index < -0.39 is 24.6 Å². The van der Waals surface area contributed by atoms with Crippen molar-refractivity contribution < 1.29 is 19.8 Å². The standard InChI is InChI=1S/C8H14N2O4/c11-5-6(7(12)13)9-8(14)10-3-1-2-4-10/h6,11H,1-5H2,(H,9,14)(H,12,13)/t6-/m0/s1. The lowest BCUT2D eigenvalue weighted by Gasteiger charge is -2.19. The van der Waals surface area contributed by atoms with Crippen LogP contribution in [0.15, 0.2) is 0 Å². The monoisotopic (exact) mass is 202 g/mol. The van der Waals surface area contributed by atoms with Crippen molar-refractivity contribution in [3.05, 3.63) is 0 Å². The van der Waals surface area contributed by atoms with Gasteiger partial charge in [0.1, 0.15) is 0 Å². The third-order valence-corrected chi connectivity index (χ3v) is 2.17. The zero-order valence-electron chi connectivity index (χ0n) is 7.77. The Bertz CT molecular complexity index is 225. The first-order valence-corrected chi connectivity index (χ1v) is 4.54. The maximum absolute atomic E-state index is 11.4. The van der Waals surface area contributed by atoms with Gasteiger partial charge < -0.3 is 20.4 Å². The molecule has 1 rings (SSSR count). The van der Waals surface area contributed by atoms with Gasteiger partial charge in [0.25, 0.3) is 0 Å². The molecule has 6 heteroatoms. The van der Waals surface area contributed by atoms with E-state index in [0.717, 1.165) is 12.8 Å². The molecular formula is C8H14N2O4. The van der Waals surface area contributed by atoms with Crippen molar-refractivity contribution in [1.82, 2.24) is 10.2 Å². The lowest BCUT2D eigenvalue weighted by molar-refractivity contribution is -0.140. The summed E-state index contributed by atoms with van der Waals surface area (Å²) >= 11 is 0. The van der Waals surface area contributed by atoms with E-state index in [1.54, 1.807) is 4.90 Å². The Morgan fingerprint density at radius 2 is 1.93 bits per heavy atom. The molecule has 0 unspecified atom stereocenters. The Morgan fingerprint density at radius 3 is 2.36 bits per heavy atom. The van der Waals surface area contributed by atoms with Gasteiger partial charge in [-0.2, -0.15) is 0 Å². The molecule has 0 radical (unpaired) electrons. The Kier molecular flexibility index (Phi) is 3.70. The normalized spacial score (nSPS) is 17.9. The fourth-order valence-electron chi connectivity index (χ4n) is 1.35. The summed E-state index contributed by atoms with van der Waals surface area (Å²) in [5.74, 6) is -1.22. The number of rotatable bonds is 3. The number of carbonyl (C=O) groups is 2. The van der Waals surface area contributed by atoms with E-state index in [4.69, 9.17) is 10.2 Å². The minimum absolute atomic E-state index is 0.413.